The molecule has 3 heteroatoms. The molecular weight excluding hydrogens is 250 g/mol. The largest absolute Gasteiger partial charge is 0.497 e. The van der Waals surface area contributed by atoms with E-state index in [1.165, 1.54) is 12.8 Å². The first-order valence-corrected chi connectivity index (χ1v) is 7.71. The number of benzene rings is 1. The summed E-state index contributed by atoms with van der Waals surface area (Å²) in [6, 6.07) is 8.33. The van der Waals surface area contributed by atoms with E-state index < -0.39 is 0 Å². The maximum atomic E-state index is 5.81. The molecule has 3 nitrogen and oxygen atoms in total. The van der Waals surface area contributed by atoms with Crippen molar-refractivity contribution >= 4 is 0 Å². The van der Waals surface area contributed by atoms with Crippen molar-refractivity contribution in [2.45, 2.75) is 46.1 Å². The third-order valence-electron chi connectivity index (χ3n) is 3.76. The van der Waals surface area contributed by atoms with Gasteiger partial charge in [0.2, 0.25) is 0 Å². The molecule has 0 aromatic heterocycles. The van der Waals surface area contributed by atoms with E-state index in [9.17, 15) is 0 Å². The van der Waals surface area contributed by atoms with Crippen LogP contribution in [0.2, 0.25) is 0 Å². The molecule has 1 aromatic rings. The lowest BCUT2D eigenvalue weighted by Crippen LogP contribution is -2.34. The topological polar surface area (TPSA) is 30.5 Å². The average Bonchev–Trinajstić information content (AvgIpc) is 2.49. The van der Waals surface area contributed by atoms with Gasteiger partial charge in [0.15, 0.2) is 0 Å². The van der Waals surface area contributed by atoms with Gasteiger partial charge in [-0.2, -0.15) is 0 Å². The van der Waals surface area contributed by atoms with Gasteiger partial charge in [0.25, 0.3) is 0 Å². The quantitative estimate of drug-likeness (QED) is 0.705. The molecule has 1 N–H and O–H groups in total. The van der Waals surface area contributed by atoms with Crippen molar-refractivity contribution in [1.29, 1.82) is 0 Å². The van der Waals surface area contributed by atoms with E-state index in [1.807, 2.05) is 24.3 Å². The second kappa shape index (κ2) is 9.65. The highest BCUT2D eigenvalue weighted by Crippen LogP contribution is 2.19. The van der Waals surface area contributed by atoms with E-state index in [0.29, 0.717) is 12.0 Å². The van der Waals surface area contributed by atoms with Crippen LogP contribution in [0, 0.1) is 5.92 Å². The van der Waals surface area contributed by atoms with Crippen LogP contribution in [0.3, 0.4) is 0 Å². The van der Waals surface area contributed by atoms with E-state index >= 15 is 0 Å². The Morgan fingerprint density at radius 2 is 1.75 bits per heavy atom. The molecule has 0 radical (unpaired) electrons. The zero-order valence-electron chi connectivity index (χ0n) is 13.3. The summed E-state index contributed by atoms with van der Waals surface area (Å²) >= 11 is 0. The average molecular weight is 279 g/mol. The highest BCUT2D eigenvalue weighted by Gasteiger charge is 2.14. The first-order valence-electron chi connectivity index (χ1n) is 7.71. The van der Waals surface area contributed by atoms with Gasteiger partial charge in [-0.05, 0) is 56.5 Å². The molecule has 0 bridgehead atoms. The summed E-state index contributed by atoms with van der Waals surface area (Å²) in [6.45, 7) is 8.59. The van der Waals surface area contributed by atoms with Crippen LogP contribution in [0.5, 0.6) is 11.5 Å². The minimum atomic E-state index is 0.555. The van der Waals surface area contributed by atoms with Gasteiger partial charge in [-0.15, -0.1) is 0 Å². The first-order chi connectivity index (χ1) is 9.71. The van der Waals surface area contributed by atoms with Gasteiger partial charge in [0.1, 0.15) is 11.5 Å². The number of nitrogens with one attached hydrogen (secondary N) is 1. The molecule has 0 spiro atoms. The summed E-state index contributed by atoms with van der Waals surface area (Å²) in [5.74, 6) is 2.44. The van der Waals surface area contributed by atoms with Crippen LogP contribution in [0.15, 0.2) is 24.3 Å². The molecule has 0 heterocycles. The van der Waals surface area contributed by atoms with Gasteiger partial charge in [-0.1, -0.05) is 20.3 Å². The van der Waals surface area contributed by atoms with Crippen molar-refractivity contribution in [2.24, 2.45) is 5.92 Å². The third-order valence-corrected chi connectivity index (χ3v) is 3.76. The molecule has 0 aliphatic rings. The number of methoxy groups -OCH3 is 1. The molecule has 0 aliphatic carbocycles. The molecule has 114 valence electrons. The Hall–Kier alpha value is -1.22. The lowest BCUT2D eigenvalue weighted by atomic mass is 9.95. The number of hydrogen-bond donors (Lipinski definition) is 1. The Balaban J connectivity index is 2.32. The standard InChI is InChI=1S/C17H29NO2/c1-5-12-18-14(3)15(6-2)11-13-20-17-9-7-16(19-4)8-10-17/h7-10,14-15,18H,5-6,11-13H2,1-4H3. The van der Waals surface area contributed by atoms with Gasteiger partial charge in [-0.25, -0.2) is 0 Å². The van der Waals surface area contributed by atoms with Crippen LogP contribution in [0.1, 0.15) is 40.0 Å². The zero-order chi connectivity index (χ0) is 14.8. The molecule has 0 aliphatic heterocycles. The van der Waals surface area contributed by atoms with Gasteiger partial charge in [-0.3, -0.25) is 0 Å². The first kappa shape index (κ1) is 16.8. The summed E-state index contributed by atoms with van der Waals surface area (Å²) in [4.78, 5) is 0. The predicted molar refractivity (Wildman–Crippen MR) is 84.6 cm³/mol. The third kappa shape index (κ3) is 5.83. The number of ether oxygens (including phenoxy) is 2. The van der Waals surface area contributed by atoms with E-state index in [1.54, 1.807) is 7.11 Å². The van der Waals surface area contributed by atoms with Crippen LogP contribution in [-0.2, 0) is 0 Å². The molecule has 1 aromatic carbocycles. The summed E-state index contributed by atoms with van der Waals surface area (Å²) in [5, 5.41) is 3.57. The van der Waals surface area contributed by atoms with Crippen molar-refractivity contribution in [3.63, 3.8) is 0 Å². The van der Waals surface area contributed by atoms with Crippen LogP contribution < -0.4 is 14.8 Å². The van der Waals surface area contributed by atoms with E-state index in [0.717, 1.165) is 31.1 Å². The maximum absolute atomic E-state index is 5.81. The Morgan fingerprint density at radius 3 is 2.30 bits per heavy atom. The maximum Gasteiger partial charge on any atom is 0.119 e. The molecule has 0 saturated carbocycles. The van der Waals surface area contributed by atoms with Crippen molar-refractivity contribution in [2.75, 3.05) is 20.3 Å². The minimum absolute atomic E-state index is 0.555. The van der Waals surface area contributed by atoms with Gasteiger partial charge < -0.3 is 14.8 Å². The molecule has 2 unspecified atom stereocenters. The zero-order valence-corrected chi connectivity index (χ0v) is 13.3. The smallest absolute Gasteiger partial charge is 0.119 e. The van der Waals surface area contributed by atoms with E-state index in [2.05, 4.69) is 26.1 Å². The fourth-order valence-corrected chi connectivity index (χ4v) is 2.35. The lowest BCUT2D eigenvalue weighted by Gasteiger charge is -2.23. The molecular formula is C17H29NO2. The van der Waals surface area contributed by atoms with Crippen LogP contribution in [0.4, 0.5) is 0 Å². The van der Waals surface area contributed by atoms with Gasteiger partial charge in [0.05, 0.1) is 13.7 Å². The minimum Gasteiger partial charge on any atom is -0.497 e. The van der Waals surface area contributed by atoms with Gasteiger partial charge >= 0.3 is 0 Å². The fraction of sp³-hybridized carbons (Fsp3) is 0.647. The van der Waals surface area contributed by atoms with Crippen LogP contribution in [0.25, 0.3) is 0 Å². The molecule has 1 rings (SSSR count). The molecule has 0 fully saturated rings. The van der Waals surface area contributed by atoms with E-state index in [-0.39, 0.29) is 0 Å². The summed E-state index contributed by atoms with van der Waals surface area (Å²) in [7, 11) is 1.67. The molecule has 20 heavy (non-hydrogen) atoms. The Labute approximate surface area is 123 Å². The highest BCUT2D eigenvalue weighted by molar-refractivity contribution is 5.31. The highest BCUT2D eigenvalue weighted by atomic mass is 16.5. The van der Waals surface area contributed by atoms with Crippen molar-refractivity contribution < 1.29 is 9.47 Å². The van der Waals surface area contributed by atoms with Crippen molar-refractivity contribution in [3.05, 3.63) is 24.3 Å². The normalized spacial score (nSPS) is 13.8. The number of hydrogen-bond acceptors (Lipinski definition) is 3. The Kier molecular flexibility index (Phi) is 8.12. The summed E-state index contributed by atoms with van der Waals surface area (Å²) in [5.41, 5.74) is 0. The molecule has 0 saturated heterocycles. The lowest BCUT2D eigenvalue weighted by molar-refractivity contribution is 0.247. The van der Waals surface area contributed by atoms with E-state index in [4.69, 9.17) is 9.47 Å². The van der Waals surface area contributed by atoms with Crippen molar-refractivity contribution in [3.8, 4) is 11.5 Å². The van der Waals surface area contributed by atoms with Crippen LogP contribution >= 0.6 is 0 Å². The summed E-state index contributed by atoms with van der Waals surface area (Å²) in [6.07, 6.45) is 3.45. The van der Waals surface area contributed by atoms with Crippen molar-refractivity contribution in [1.82, 2.24) is 5.32 Å². The Bertz CT molecular complexity index is 351. The second-order valence-corrected chi connectivity index (χ2v) is 5.22. The predicted octanol–water partition coefficient (Wildman–Crippen LogP) is 3.88. The Morgan fingerprint density at radius 1 is 1.10 bits per heavy atom. The number of rotatable bonds is 10. The SMILES string of the molecule is CCCNC(C)C(CC)CCOc1ccc(OC)cc1. The molecule has 2 atom stereocenters. The monoisotopic (exact) mass is 279 g/mol. The van der Waals surface area contributed by atoms with Gasteiger partial charge in [0, 0.05) is 6.04 Å². The fourth-order valence-electron chi connectivity index (χ4n) is 2.35. The summed E-state index contributed by atoms with van der Waals surface area (Å²) < 4.78 is 10.9. The second-order valence-electron chi connectivity index (χ2n) is 5.22. The molecule has 0 amide bonds. The van der Waals surface area contributed by atoms with Crippen LogP contribution in [-0.4, -0.2) is 26.3 Å².